The fourth-order valence-electron chi connectivity index (χ4n) is 2.24. The lowest BCUT2D eigenvalue weighted by atomic mass is 10.2. The van der Waals surface area contributed by atoms with E-state index < -0.39 is 0 Å². The van der Waals surface area contributed by atoms with Crippen LogP contribution in [0.5, 0.6) is 0 Å². The molecule has 1 saturated heterocycles. The Morgan fingerprint density at radius 2 is 2.06 bits per heavy atom. The number of nitrogens with zero attached hydrogens (tertiary/aromatic N) is 3. The van der Waals surface area contributed by atoms with Gasteiger partial charge in [0.1, 0.15) is 4.83 Å². The number of hydrogen-bond acceptors (Lipinski definition) is 5. The molecule has 2 aromatic heterocycles. The van der Waals surface area contributed by atoms with Gasteiger partial charge in [-0.25, -0.2) is 4.98 Å². The third kappa shape index (κ3) is 2.85. The summed E-state index contributed by atoms with van der Waals surface area (Å²) in [5.41, 5.74) is 1.03. The van der Waals surface area contributed by atoms with Gasteiger partial charge in [0.05, 0.1) is 18.7 Å². The minimum atomic E-state index is 0.886. The minimum absolute atomic E-state index is 0.886. The molecule has 0 unspecified atom stereocenters. The number of fused-ring (bicyclic) bond motifs is 1. The zero-order valence-electron chi connectivity index (χ0n) is 10.3. The Morgan fingerprint density at radius 3 is 2.89 bits per heavy atom. The molecule has 1 aliphatic rings. The smallest absolute Gasteiger partial charge is 0.142 e. The summed E-state index contributed by atoms with van der Waals surface area (Å²) in [5.74, 6) is 0. The number of ether oxygens (including phenoxy) is 1. The number of hydrogen-bond donors (Lipinski definition) is 0. The molecule has 0 N–H and O–H groups in total. The Bertz CT molecular complexity index is 475. The fraction of sp³-hybridized carbons (Fsp3) is 0.538. The van der Waals surface area contributed by atoms with Gasteiger partial charge >= 0.3 is 0 Å². The molecule has 3 heterocycles. The van der Waals surface area contributed by atoms with E-state index in [1.165, 1.54) is 17.8 Å². The molecule has 5 heteroatoms. The first-order chi connectivity index (χ1) is 8.92. The van der Waals surface area contributed by atoms with Crippen LogP contribution in [0.2, 0.25) is 0 Å². The first kappa shape index (κ1) is 12.0. The van der Waals surface area contributed by atoms with Crippen LogP contribution in [0, 0.1) is 0 Å². The Labute approximate surface area is 111 Å². The van der Waals surface area contributed by atoms with Crippen molar-refractivity contribution < 1.29 is 4.74 Å². The molecule has 0 radical (unpaired) electrons. The molecule has 1 fully saturated rings. The first-order valence-electron chi connectivity index (χ1n) is 6.41. The van der Waals surface area contributed by atoms with Gasteiger partial charge in [0, 0.05) is 30.4 Å². The predicted octanol–water partition coefficient (Wildman–Crippen LogP) is 1.96. The molecule has 4 nitrogen and oxygen atoms in total. The van der Waals surface area contributed by atoms with E-state index in [2.05, 4.69) is 20.9 Å². The van der Waals surface area contributed by atoms with Crippen molar-refractivity contribution in [2.45, 2.75) is 12.8 Å². The zero-order chi connectivity index (χ0) is 12.2. The predicted molar refractivity (Wildman–Crippen MR) is 73.0 cm³/mol. The molecular weight excluding hydrogens is 246 g/mol. The summed E-state index contributed by atoms with van der Waals surface area (Å²) < 4.78 is 5.35. The zero-order valence-corrected chi connectivity index (χ0v) is 11.2. The molecular formula is C13H17N3OS. The molecule has 3 rings (SSSR count). The average Bonchev–Trinajstić information content (AvgIpc) is 2.82. The van der Waals surface area contributed by atoms with E-state index in [0.29, 0.717) is 0 Å². The second kappa shape index (κ2) is 5.73. The van der Waals surface area contributed by atoms with Crippen molar-refractivity contribution in [1.29, 1.82) is 0 Å². The number of aromatic nitrogens is 2. The standard InChI is InChI=1S/C13H17N3OS/c1(5-16-6-8-17-9-7-16)2-11-10-12-13(18-11)15-4-3-14-12/h3-4,10H,1-2,5-9H2. The maximum Gasteiger partial charge on any atom is 0.142 e. The van der Waals surface area contributed by atoms with Crippen LogP contribution < -0.4 is 0 Å². The fourth-order valence-corrected chi connectivity index (χ4v) is 3.24. The van der Waals surface area contributed by atoms with Gasteiger partial charge in [0.2, 0.25) is 0 Å². The van der Waals surface area contributed by atoms with Gasteiger partial charge in [-0.05, 0) is 25.5 Å². The second-order valence-corrected chi connectivity index (χ2v) is 5.63. The number of morpholine rings is 1. The van der Waals surface area contributed by atoms with Gasteiger partial charge in [-0.3, -0.25) is 9.88 Å². The highest BCUT2D eigenvalue weighted by Crippen LogP contribution is 2.22. The summed E-state index contributed by atoms with van der Waals surface area (Å²) >= 11 is 1.77. The minimum Gasteiger partial charge on any atom is -0.379 e. The van der Waals surface area contributed by atoms with Gasteiger partial charge in [0.15, 0.2) is 0 Å². The van der Waals surface area contributed by atoms with Crippen LogP contribution in [0.1, 0.15) is 11.3 Å². The van der Waals surface area contributed by atoms with Crippen LogP contribution in [-0.4, -0.2) is 47.7 Å². The Hall–Kier alpha value is -1.04. The molecule has 0 amide bonds. The molecule has 96 valence electrons. The van der Waals surface area contributed by atoms with Crippen molar-refractivity contribution >= 4 is 21.7 Å². The highest BCUT2D eigenvalue weighted by Gasteiger charge is 2.10. The van der Waals surface area contributed by atoms with E-state index >= 15 is 0 Å². The summed E-state index contributed by atoms with van der Waals surface area (Å²) in [7, 11) is 0. The van der Waals surface area contributed by atoms with Crippen molar-refractivity contribution in [3.8, 4) is 0 Å². The van der Waals surface area contributed by atoms with Crippen molar-refractivity contribution in [2.75, 3.05) is 32.8 Å². The third-order valence-corrected chi connectivity index (χ3v) is 4.31. The van der Waals surface area contributed by atoms with Crippen molar-refractivity contribution in [1.82, 2.24) is 14.9 Å². The van der Waals surface area contributed by atoms with E-state index in [-0.39, 0.29) is 0 Å². The third-order valence-electron chi connectivity index (χ3n) is 3.22. The summed E-state index contributed by atoms with van der Waals surface area (Å²) in [4.78, 5) is 13.6. The maximum atomic E-state index is 5.35. The van der Waals surface area contributed by atoms with Crippen LogP contribution in [0.25, 0.3) is 10.3 Å². The van der Waals surface area contributed by atoms with Gasteiger partial charge in [-0.1, -0.05) is 0 Å². The molecule has 0 atom stereocenters. The van der Waals surface area contributed by atoms with Crippen LogP contribution in [0.3, 0.4) is 0 Å². The van der Waals surface area contributed by atoms with E-state index in [9.17, 15) is 0 Å². The van der Waals surface area contributed by atoms with Crippen LogP contribution in [0.15, 0.2) is 18.5 Å². The first-order valence-corrected chi connectivity index (χ1v) is 7.23. The quantitative estimate of drug-likeness (QED) is 0.845. The Kier molecular flexibility index (Phi) is 3.83. The van der Waals surface area contributed by atoms with E-state index in [1.54, 1.807) is 23.7 Å². The van der Waals surface area contributed by atoms with Gasteiger partial charge < -0.3 is 4.74 Å². The number of aryl methyl sites for hydroxylation is 1. The summed E-state index contributed by atoms with van der Waals surface area (Å²) in [6, 6.07) is 2.17. The second-order valence-electron chi connectivity index (χ2n) is 4.52. The Morgan fingerprint density at radius 1 is 1.22 bits per heavy atom. The number of thiophene rings is 1. The highest BCUT2D eigenvalue weighted by atomic mass is 32.1. The van der Waals surface area contributed by atoms with E-state index in [1.807, 2.05) is 0 Å². The lowest BCUT2D eigenvalue weighted by molar-refractivity contribution is 0.0375. The molecule has 18 heavy (non-hydrogen) atoms. The number of rotatable bonds is 4. The van der Waals surface area contributed by atoms with E-state index in [4.69, 9.17) is 4.74 Å². The summed E-state index contributed by atoms with van der Waals surface area (Å²) in [5, 5.41) is 0. The molecule has 1 aliphatic heterocycles. The average molecular weight is 263 g/mol. The van der Waals surface area contributed by atoms with Gasteiger partial charge in [0.25, 0.3) is 0 Å². The van der Waals surface area contributed by atoms with E-state index in [0.717, 1.165) is 43.1 Å². The SMILES string of the molecule is c1cnc2sc(CCCN3CCOCC3)cc2n1. The van der Waals surface area contributed by atoms with Crippen molar-refractivity contribution in [3.63, 3.8) is 0 Å². The highest BCUT2D eigenvalue weighted by molar-refractivity contribution is 7.18. The van der Waals surface area contributed by atoms with Crippen LogP contribution >= 0.6 is 11.3 Å². The molecule has 0 spiro atoms. The lowest BCUT2D eigenvalue weighted by Gasteiger charge is -2.26. The van der Waals surface area contributed by atoms with Gasteiger partial charge in [-0.2, -0.15) is 0 Å². The maximum absolute atomic E-state index is 5.35. The normalized spacial score (nSPS) is 17.3. The monoisotopic (exact) mass is 263 g/mol. The Balaban J connectivity index is 1.53. The van der Waals surface area contributed by atoms with Crippen molar-refractivity contribution in [3.05, 3.63) is 23.3 Å². The molecule has 0 aromatic carbocycles. The molecule has 0 aliphatic carbocycles. The lowest BCUT2D eigenvalue weighted by Crippen LogP contribution is -2.36. The molecule has 0 bridgehead atoms. The largest absolute Gasteiger partial charge is 0.379 e. The summed E-state index contributed by atoms with van der Waals surface area (Å²) in [6.45, 7) is 5.09. The van der Waals surface area contributed by atoms with Gasteiger partial charge in [-0.15, -0.1) is 11.3 Å². The topological polar surface area (TPSA) is 38.2 Å². The molecule has 0 saturated carbocycles. The van der Waals surface area contributed by atoms with Crippen LogP contribution in [0.4, 0.5) is 0 Å². The van der Waals surface area contributed by atoms with Crippen LogP contribution in [-0.2, 0) is 11.2 Å². The molecule has 2 aromatic rings. The van der Waals surface area contributed by atoms with Crippen molar-refractivity contribution in [2.24, 2.45) is 0 Å². The summed E-state index contributed by atoms with van der Waals surface area (Å²) in [6.07, 6.45) is 5.84.